The van der Waals surface area contributed by atoms with Crippen molar-refractivity contribution in [1.82, 2.24) is 4.98 Å². The topological polar surface area (TPSA) is 31.4 Å². The number of nitrogens with zero attached hydrogens (tertiary/aromatic N) is 1. The minimum absolute atomic E-state index is 0.0298. The zero-order valence-electron chi connectivity index (χ0n) is 8.87. The number of pyridine rings is 1. The molecule has 0 N–H and O–H groups in total. The Hall–Kier alpha value is -0.935. The van der Waals surface area contributed by atoms with Gasteiger partial charge in [0, 0.05) is 24.8 Å². The van der Waals surface area contributed by atoms with Gasteiger partial charge in [-0.2, -0.15) is 4.39 Å². The lowest BCUT2D eigenvalue weighted by Crippen LogP contribution is -2.47. The van der Waals surface area contributed by atoms with Crippen LogP contribution in [0.1, 0.15) is 13.8 Å². The van der Waals surface area contributed by atoms with Crippen LogP contribution in [-0.2, 0) is 9.31 Å². The van der Waals surface area contributed by atoms with Crippen LogP contribution in [0.5, 0.6) is 0 Å². The molecule has 0 unspecified atom stereocenters. The van der Waals surface area contributed by atoms with Crippen molar-refractivity contribution in [3.63, 3.8) is 0 Å². The molecule has 2 rings (SSSR count). The highest BCUT2D eigenvalue weighted by Gasteiger charge is 2.33. The summed E-state index contributed by atoms with van der Waals surface area (Å²) in [7, 11) is -0.462. The number of hydrogen-bond donors (Lipinski definition) is 0. The normalized spacial score (nSPS) is 20.3. The summed E-state index contributed by atoms with van der Waals surface area (Å²) in [4.78, 5) is 3.49. The Balaban J connectivity index is 2.08. The lowest BCUT2D eigenvalue weighted by atomic mass is 9.76. The van der Waals surface area contributed by atoms with E-state index in [0.29, 0.717) is 18.7 Å². The lowest BCUT2D eigenvalue weighted by molar-refractivity contribution is 0.0343. The van der Waals surface area contributed by atoms with Gasteiger partial charge in [0.15, 0.2) is 0 Å². The van der Waals surface area contributed by atoms with Crippen molar-refractivity contribution in [3.8, 4) is 0 Å². The molecule has 0 aromatic carbocycles. The summed E-state index contributed by atoms with van der Waals surface area (Å²) in [5.74, 6) is -0.510. The largest absolute Gasteiger partial charge is 0.494 e. The van der Waals surface area contributed by atoms with Crippen LogP contribution in [0.15, 0.2) is 18.3 Å². The van der Waals surface area contributed by atoms with E-state index in [9.17, 15) is 4.39 Å². The van der Waals surface area contributed by atoms with E-state index in [1.54, 1.807) is 6.07 Å². The number of hydrogen-bond acceptors (Lipinski definition) is 3. The third kappa shape index (κ3) is 2.55. The Morgan fingerprint density at radius 2 is 2.07 bits per heavy atom. The first kappa shape index (κ1) is 10.6. The van der Waals surface area contributed by atoms with Crippen molar-refractivity contribution < 1.29 is 13.7 Å². The molecule has 3 nitrogen and oxygen atoms in total. The van der Waals surface area contributed by atoms with Gasteiger partial charge in [0.25, 0.3) is 0 Å². The van der Waals surface area contributed by atoms with Crippen LogP contribution in [0, 0.1) is 11.4 Å². The van der Waals surface area contributed by atoms with E-state index in [1.807, 2.05) is 0 Å². The molecule has 1 aromatic heterocycles. The van der Waals surface area contributed by atoms with Gasteiger partial charge >= 0.3 is 7.12 Å². The molecule has 15 heavy (non-hydrogen) atoms. The molecule has 1 aliphatic heterocycles. The SMILES string of the molecule is CC1(C)COB(c2ccnc(F)c2)OC1. The van der Waals surface area contributed by atoms with E-state index in [0.717, 1.165) is 0 Å². The summed E-state index contributed by atoms with van der Waals surface area (Å²) >= 11 is 0. The fourth-order valence-electron chi connectivity index (χ4n) is 1.45. The third-order valence-electron chi connectivity index (χ3n) is 2.27. The maximum absolute atomic E-state index is 12.9. The minimum Gasteiger partial charge on any atom is -0.407 e. The molecule has 0 atom stereocenters. The van der Waals surface area contributed by atoms with Crippen LogP contribution in [0.3, 0.4) is 0 Å². The van der Waals surface area contributed by atoms with Gasteiger partial charge in [-0.15, -0.1) is 0 Å². The molecule has 0 radical (unpaired) electrons. The van der Waals surface area contributed by atoms with Crippen molar-refractivity contribution in [2.24, 2.45) is 5.41 Å². The van der Waals surface area contributed by atoms with Crippen molar-refractivity contribution in [2.45, 2.75) is 13.8 Å². The molecule has 5 heteroatoms. The van der Waals surface area contributed by atoms with Crippen molar-refractivity contribution in [1.29, 1.82) is 0 Å². The lowest BCUT2D eigenvalue weighted by Gasteiger charge is -2.33. The first-order chi connectivity index (χ1) is 7.07. The summed E-state index contributed by atoms with van der Waals surface area (Å²) in [6.07, 6.45) is 1.41. The average molecular weight is 209 g/mol. The molecular weight excluding hydrogens is 196 g/mol. The van der Waals surface area contributed by atoms with E-state index < -0.39 is 13.1 Å². The maximum atomic E-state index is 12.9. The number of rotatable bonds is 1. The molecule has 1 saturated heterocycles. The molecule has 0 aliphatic carbocycles. The molecule has 0 bridgehead atoms. The minimum atomic E-state index is -0.510. The molecule has 0 spiro atoms. The van der Waals surface area contributed by atoms with Crippen LogP contribution in [-0.4, -0.2) is 25.3 Å². The number of halogens is 1. The second kappa shape index (κ2) is 3.91. The Morgan fingerprint density at radius 3 is 2.67 bits per heavy atom. The van der Waals surface area contributed by atoms with Crippen molar-refractivity contribution in [3.05, 3.63) is 24.3 Å². The zero-order chi connectivity index (χ0) is 10.9. The molecule has 2 heterocycles. The highest BCUT2D eigenvalue weighted by molar-refractivity contribution is 6.61. The van der Waals surface area contributed by atoms with Gasteiger partial charge in [-0.05, 0) is 17.6 Å². The van der Waals surface area contributed by atoms with E-state index in [2.05, 4.69) is 18.8 Å². The van der Waals surface area contributed by atoms with E-state index in [1.165, 1.54) is 12.3 Å². The van der Waals surface area contributed by atoms with Gasteiger partial charge in [0.2, 0.25) is 5.95 Å². The van der Waals surface area contributed by atoms with E-state index in [4.69, 9.17) is 9.31 Å². The Morgan fingerprint density at radius 1 is 1.40 bits per heavy atom. The highest BCUT2D eigenvalue weighted by Crippen LogP contribution is 2.21. The molecular formula is C10H13BFNO2. The van der Waals surface area contributed by atoms with Gasteiger partial charge in [0.05, 0.1) is 0 Å². The second-order valence-electron chi connectivity index (χ2n) is 4.53. The molecule has 1 aromatic rings. The smallest absolute Gasteiger partial charge is 0.407 e. The molecule has 1 aliphatic rings. The molecule has 1 fully saturated rings. The first-order valence-corrected chi connectivity index (χ1v) is 4.91. The first-order valence-electron chi connectivity index (χ1n) is 4.91. The maximum Gasteiger partial charge on any atom is 0.494 e. The van der Waals surface area contributed by atoms with Crippen LogP contribution < -0.4 is 5.46 Å². The van der Waals surface area contributed by atoms with Gasteiger partial charge in [0.1, 0.15) is 0 Å². The Bertz CT molecular complexity index is 349. The summed E-state index contributed by atoms with van der Waals surface area (Å²) in [5.41, 5.74) is 0.709. The van der Waals surface area contributed by atoms with Gasteiger partial charge in [-0.25, -0.2) is 4.98 Å². The van der Waals surface area contributed by atoms with Crippen LogP contribution in [0.25, 0.3) is 0 Å². The van der Waals surface area contributed by atoms with Gasteiger partial charge in [-0.1, -0.05) is 13.8 Å². The Labute approximate surface area is 88.8 Å². The highest BCUT2D eigenvalue weighted by atomic mass is 19.1. The van der Waals surface area contributed by atoms with Crippen LogP contribution in [0.2, 0.25) is 0 Å². The van der Waals surface area contributed by atoms with E-state index >= 15 is 0 Å². The quantitative estimate of drug-likeness (QED) is 0.510. The number of aromatic nitrogens is 1. The molecule has 0 saturated carbocycles. The summed E-state index contributed by atoms with van der Waals surface area (Å²) < 4.78 is 23.9. The Kier molecular flexibility index (Phi) is 2.75. The van der Waals surface area contributed by atoms with Crippen LogP contribution >= 0.6 is 0 Å². The fraction of sp³-hybridized carbons (Fsp3) is 0.500. The van der Waals surface area contributed by atoms with Crippen molar-refractivity contribution in [2.75, 3.05) is 13.2 Å². The monoisotopic (exact) mass is 209 g/mol. The summed E-state index contributed by atoms with van der Waals surface area (Å²) in [6, 6.07) is 3.04. The van der Waals surface area contributed by atoms with Crippen molar-refractivity contribution >= 4 is 12.6 Å². The fourth-order valence-corrected chi connectivity index (χ4v) is 1.45. The summed E-state index contributed by atoms with van der Waals surface area (Å²) in [6.45, 7) is 5.36. The standard InChI is InChI=1S/C10H13BFNO2/c1-10(2)6-14-11(15-7-10)8-3-4-13-9(12)5-8/h3-5H,6-7H2,1-2H3. The van der Waals surface area contributed by atoms with Crippen LogP contribution in [0.4, 0.5) is 4.39 Å². The zero-order valence-corrected chi connectivity index (χ0v) is 8.87. The predicted molar refractivity (Wildman–Crippen MR) is 55.3 cm³/mol. The summed E-state index contributed by atoms with van der Waals surface area (Å²) in [5, 5.41) is 0. The van der Waals surface area contributed by atoms with E-state index in [-0.39, 0.29) is 5.41 Å². The average Bonchev–Trinajstić information content (AvgIpc) is 2.17. The third-order valence-corrected chi connectivity index (χ3v) is 2.27. The molecule has 80 valence electrons. The second-order valence-corrected chi connectivity index (χ2v) is 4.53. The van der Waals surface area contributed by atoms with Gasteiger partial charge in [-0.3, -0.25) is 0 Å². The predicted octanol–water partition coefficient (Wildman–Crippen LogP) is 0.989. The molecule has 0 amide bonds. The van der Waals surface area contributed by atoms with Gasteiger partial charge < -0.3 is 9.31 Å².